The number of hydrogen-bond donors (Lipinski definition) is 1. The summed E-state index contributed by atoms with van der Waals surface area (Å²) in [7, 11) is 0. The molecular formula is C24H17BrClF6N5O2S. The summed E-state index contributed by atoms with van der Waals surface area (Å²) in [6.07, 6.45) is -7.66. The molecule has 0 unspecified atom stereocenters. The summed E-state index contributed by atoms with van der Waals surface area (Å²) in [6, 6.07) is 5.21. The van der Waals surface area contributed by atoms with E-state index < -0.39 is 28.3 Å². The summed E-state index contributed by atoms with van der Waals surface area (Å²) >= 11 is 10.2. The van der Waals surface area contributed by atoms with Crippen LogP contribution in [0.3, 0.4) is 0 Å². The number of imidazole rings is 1. The number of rotatable bonds is 5. The number of likely N-dealkylation sites (tertiary alicyclic amines) is 1. The maximum Gasteiger partial charge on any atom is 0.573 e. The maximum atomic E-state index is 13.5. The van der Waals surface area contributed by atoms with E-state index in [9.17, 15) is 31.1 Å². The van der Waals surface area contributed by atoms with Gasteiger partial charge in [-0.15, -0.1) is 24.5 Å². The van der Waals surface area contributed by atoms with E-state index in [1.165, 1.54) is 0 Å². The highest BCUT2D eigenvalue weighted by atomic mass is 79.9. The third-order valence-electron chi connectivity index (χ3n) is 6.26. The minimum absolute atomic E-state index is 0.0418. The van der Waals surface area contributed by atoms with Crippen molar-refractivity contribution in [3.05, 3.63) is 55.7 Å². The van der Waals surface area contributed by atoms with E-state index in [4.69, 9.17) is 11.6 Å². The highest BCUT2D eigenvalue weighted by molar-refractivity contribution is 9.10. The quantitative estimate of drug-likeness (QED) is 0.225. The molecule has 1 fully saturated rings. The summed E-state index contributed by atoms with van der Waals surface area (Å²) in [4.78, 5) is 30.5. The predicted molar refractivity (Wildman–Crippen MR) is 138 cm³/mol. The third kappa shape index (κ3) is 6.20. The second-order valence-electron chi connectivity index (χ2n) is 8.94. The fraction of sp³-hybridized carbons (Fsp3) is 0.333. The first-order chi connectivity index (χ1) is 18.8. The van der Waals surface area contributed by atoms with Crippen molar-refractivity contribution in [2.24, 2.45) is 0 Å². The fourth-order valence-corrected chi connectivity index (χ4v) is 6.52. The van der Waals surface area contributed by atoms with Crippen LogP contribution in [0.25, 0.3) is 22.4 Å². The zero-order valence-corrected chi connectivity index (χ0v) is 23.2. The Hall–Kier alpha value is -2.91. The molecule has 212 valence electrons. The van der Waals surface area contributed by atoms with Crippen molar-refractivity contribution in [3.63, 3.8) is 0 Å². The van der Waals surface area contributed by atoms with Crippen molar-refractivity contribution in [2.75, 3.05) is 13.1 Å². The average Bonchev–Trinajstić information content (AvgIpc) is 3.44. The summed E-state index contributed by atoms with van der Waals surface area (Å²) in [6.45, 7) is 0.869. The molecule has 3 aromatic heterocycles. The van der Waals surface area contributed by atoms with Crippen molar-refractivity contribution in [1.82, 2.24) is 24.8 Å². The number of aromatic nitrogens is 4. The van der Waals surface area contributed by atoms with Crippen LogP contribution in [0.4, 0.5) is 26.3 Å². The van der Waals surface area contributed by atoms with Gasteiger partial charge in [-0.05, 0) is 37.1 Å². The molecule has 5 rings (SSSR count). The first-order valence-corrected chi connectivity index (χ1v) is 13.7. The second kappa shape index (κ2) is 10.8. The molecule has 16 heteroatoms. The molecular weight excluding hydrogens is 652 g/mol. The normalized spacial score (nSPS) is 15.2. The lowest BCUT2D eigenvalue weighted by Crippen LogP contribution is -2.38. The van der Waals surface area contributed by atoms with Crippen LogP contribution in [0.1, 0.15) is 35.2 Å². The van der Waals surface area contributed by atoms with Crippen LogP contribution in [0.15, 0.2) is 34.9 Å². The maximum absolute atomic E-state index is 13.5. The Labute approximate surface area is 239 Å². The van der Waals surface area contributed by atoms with Gasteiger partial charge in [0.25, 0.3) is 0 Å². The van der Waals surface area contributed by atoms with Gasteiger partial charge in [-0.25, -0.2) is 15.0 Å². The minimum Gasteiger partial charge on any atom is -0.405 e. The minimum atomic E-state index is -5.35. The number of fused-ring (bicyclic) bond motifs is 1. The number of carbonyl (C=O) groups is 1. The molecule has 7 nitrogen and oxygen atoms in total. The number of amides is 1. The predicted octanol–water partition coefficient (Wildman–Crippen LogP) is 7.36. The number of ether oxygens (including phenoxy) is 1. The topological polar surface area (TPSA) is 84.0 Å². The Morgan fingerprint density at radius 3 is 2.55 bits per heavy atom. The van der Waals surface area contributed by atoms with Gasteiger partial charge in [0.05, 0.1) is 16.9 Å². The van der Waals surface area contributed by atoms with E-state index in [2.05, 4.69) is 40.6 Å². The first-order valence-electron chi connectivity index (χ1n) is 11.7. The number of nitrogens with one attached hydrogen (secondary N) is 1. The Bertz CT molecular complexity index is 1530. The lowest BCUT2D eigenvalue weighted by molar-refractivity contribution is -0.276. The molecule has 0 bridgehead atoms. The van der Waals surface area contributed by atoms with Gasteiger partial charge < -0.3 is 14.6 Å². The fourth-order valence-electron chi connectivity index (χ4n) is 4.48. The number of hydrogen-bond acceptors (Lipinski definition) is 6. The van der Waals surface area contributed by atoms with Crippen LogP contribution in [-0.4, -0.2) is 50.2 Å². The number of pyridine rings is 1. The average molecular weight is 669 g/mol. The van der Waals surface area contributed by atoms with Crippen LogP contribution in [0.2, 0.25) is 4.34 Å². The molecule has 4 heterocycles. The molecule has 1 N–H and O–H groups in total. The van der Waals surface area contributed by atoms with Crippen LogP contribution in [0.5, 0.6) is 5.75 Å². The number of piperidine rings is 1. The highest BCUT2D eigenvalue weighted by Crippen LogP contribution is 2.47. The van der Waals surface area contributed by atoms with E-state index in [0.717, 1.165) is 22.9 Å². The van der Waals surface area contributed by atoms with Gasteiger partial charge in [0, 0.05) is 35.2 Å². The van der Waals surface area contributed by atoms with Crippen molar-refractivity contribution in [3.8, 4) is 17.0 Å². The number of nitrogens with zero attached hydrogens (tertiary/aromatic N) is 4. The standard InChI is InChI=1S/C24H17BrClF6N5O2S/c25-13-8-12(9-15(39-24(30,31)32)18(13)23(27,28)29)19-20(26)40-22(36-19)11-3-6-37(7-4-11)17(38)10-16-34-14-2-1-5-33-21(14)35-16/h1-2,5,8-9,11H,3-4,6-7,10H2,(H,33,34,35). The first kappa shape index (κ1) is 28.6. The molecule has 0 aliphatic carbocycles. The van der Waals surface area contributed by atoms with E-state index in [1.807, 2.05) is 6.07 Å². The summed E-state index contributed by atoms with van der Waals surface area (Å²) < 4.78 is 82.2. The van der Waals surface area contributed by atoms with Crippen molar-refractivity contribution < 1.29 is 35.9 Å². The van der Waals surface area contributed by atoms with Gasteiger partial charge in [0.2, 0.25) is 5.91 Å². The van der Waals surface area contributed by atoms with Crippen molar-refractivity contribution in [1.29, 1.82) is 0 Å². The third-order valence-corrected chi connectivity index (χ3v) is 8.30. The largest absolute Gasteiger partial charge is 0.573 e. The Kier molecular flexibility index (Phi) is 7.74. The molecule has 0 spiro atoms. The van der Waals surface area contributed by atoms with Crippen molar-refractivity contribution >= 4 is 55.9 Å². The van der Waals surface area contributed by atoms with E-state index in [-0.39, 0.29) is 33.8 Å². The molecule has 1 amide bonds. The number of aromatic amines is 1. The summed E-state index contributed by atoms with van der Waals surface area (Å²) in [5, 5.41) is 0.574. The molecule has 1 aromatic carbocycles. The van der Waals surface area contributed by atoms with Crippen LogP contribution < -0.4 is 4.74 Å². The number of halogens is 8. The number of thiazole rings is 1. The molecule has 4 aromatic rings. The van der Waals surface area contributed by atoms with Gasteiger partial charge in [-0.3, -0.25) is 4.79 Å². The van der Waals surface area contributed by atoms with Gasteiger partial charge in [0.15, 0.2) is 5.65 Å². The SMILES string of the molecule is O=C(Cc1nc2ncccc2[nH]1)N1CCC(c2nc(-c3cc(Br)c(C(F)(F)F)c(OC(F)(F)F)c3)c(Cl)s2)CC1. The molecule has 0 saturated carbocycles. The molecule has 1 aliphatic rings. The molecule has 1 aliphatic heterocycles. The van der Waals surface area contributed by atoms with Gasteiger partial charge >= 0.3 is 12.5 Å². The second-order valence-corrected chi connectivity index (χ2v) is 11.4. The molecule has 0 atom stereocenters. The smallest absolute Gasteiger partial charge is 0.405 e. The number of alkyl halides is 6. The van der Waals surface area contributed by atoms with E-state index in [0.29, 0.717) is 48.5 Å². The zero-order chi connectivity index (χ0) is 28.8. The Morgan fingerprint density at radius 2 is 1.90 bits per heavy atom. The van der Waals surface area contributed by atoms with Crippen molar-refractivity contribution in [2.45, 2.75) is 37.7 Å². The highest BCUT2D eigenvalue weighted by Gasteiger charge is 2.41. The van der Waals surface area contributed by atoms with Crippen LogP contribution >= 0.6 is 38.9 Å². The van der Waals surface area contributed by atoms with Gasteiger partial charge in [-0.2, -0.15) is 13.2 Å². The lowest BCUT2D eigenvalue weighted by Gasteiger charge is -2.31. The Morgan fingerprint density at radius 1 is 1.18 bits per heavy atom. The molecule has 40 heavy (non-hydrogen) atoms. The summed E-state index contributed by atoms with van der Waals surface area (Å²) in [5.41, 5.74) is -0.369. The Balaban J connectivity index is 1.30. The number of benzene rings is 1. The van der Waals surface area contributed by atoms with Gasteiger partial charge in [-0.1, -0.05) is 27.5 Å². The van der Waals surface area contributed by atoms with Crippen LogP contribution in [0, 0.1) is 0 Å². The molecule has 0 radical (unpaired) electrons. The van der Waals surface area contributed by atoms with Gasteiger partial charge in [0.1, 0.15) is 27.2 Å². The molecule has 1 saturated heterocycles. The zero-order valence-electron chi connectivity index (χ0n) is 20.0. The summed E-state index contributed by atoms with van der Waals surface area (Å²) in [5.74, 6) is -1.11. The lowest BCUT2D eigenvalue weighted by atomic mass is 9.97. The van der Waals surface area contributed by atoms with E-state index >= 15 is 0 Å². The number of carbonyl (C=O) groups excluding carboxylic acids is 1. The monoisotopic (exact) mass is 667 g/mol. The number of H-pyrrole nitrogens is 1. The van der Waals surface area contributed by atoms with Crippen LogP contribution in [-0.2, 0) is 17.4 Å². The van der Waals surface area contributed by atoms with E-state index in [1.54, 1.807) is 17.2 Å².